The van der Waals surface area contributed by atoms with Crippen LogP contribution in [0.1, 0.15) is 15.9 Å². The Morgan fingerprint density at radius 3 is 2.79 bits per heavy atom. The molecule has 4 N–H and O–H groups in total. The lowest BCUT2D eigenvalue weighted by molar-refractivity contribution is 0.102. The number of amides is 1. The van der Waals surface area contributed by atoms with Crippen LogP contribution in [0.4, 0.5) is 11.4 Å². The molecule has 2 aromatic carbocycles. The predicted molar refractivity (Wildman–Crippen MR) is 79.4 cm³/mol. The molecule has 0 aliphatic rings. The first kappa shape index (κ1) is 13.4. The van der Waals surface area contributed by atoms with Crippen molar-refractivity contribution in [2.24, 2.45) is 0 Å². The number of hydrogen-bond donors (Lipinski definition) is 3. The van der Waals surface area contributed by atoms with E-state index in [4.69, 9.17) is 5.73 Å². The van der Waals surface area contributed by atoms with Crippen molar-refractivity contribution in [2.75, 3.05) is 11.1 Å². The molecule has 2 aromatic rings. The van der Waals surface area contributed by atoms with Crippen molar-refractivity contribution < 1.29 is 9.90 Å². The fourth-order valence-corrected chi connectivity index (χ4v) is 2.04. The number of nitrogens with one attached hydrogen (secondary N) is 1. The lowest BCUT2D eigenvalue weighted by Gasteiger charge is -2.11. The van der Waals surface area contributed by atoms with Gasteiger partial charge < -0.3 is 16.2 Å². The molecule has 4 nitrogen and oxygen atoms in total. The van der Waals surface area contributed by atoms with Crippen LogP contribution in [-0.2, 0) is 0 Å². The Morgan fingerprint density at radius 1 is 1.32 bits per heavy atom. The summed E-state index contributed by atoms with van der Waals surface area (Å²) < 4.78 is 0.911. The van der Waals surface area contributed by atoms with E-state index in [2.05, 4.69) is 21.2 Å². The van der Waals surface area contributed by atoms with Crippen molar-refractivity contribution in [1.82, 2.24) is 0 Å². The third-order valence-corrected chi connectivity index (χ3v) is 3.66. The number of anilines is 2. The first-order valence-electron chi connectivity index (χ1n) is 5.64. The Bertz CT molecular complexity index is 641. The van der Waals surface area contributed by atoms with Gasteiger partial charge >= 0.3 is 0 Å². The summed E-state index contributed by atoms with van der Waals surface area (Å²) in [7, 11) is 0. The molecule has 0 saturated heterocycles. The van der Waals surface area contributed by atoms with E-state index in [1.807, 2.05) is 19.1 Å². The van der Waals surface area contributed by atoms with E-state index in [1.165, 1.54) is 18.2 Å². The number of nitrogens with two attached hydrogens (primary N) is 1. The molecule has 0 heterocycles. The summed E-state index contributed by atoms with van der Waals surface area (Å²) in [4.78, 5) is 12.1. The summed E-state index contributed by atoms with van der Waals surface area (Å²) in [5, 5.41) is 12.2. The van der Waals surface area contributed by atoms with Gasteiger partial charge in [0, 0.05) is 15.8 Å². The average Bonchev–Trinajstić information content (AvgIpc) is 2.38. The summed E-state index contributed by atoms with van der Waals surface area (Å²) in [6.45, 7) is 1.89. The largest absolute Gasteiger partial charge is 0.508 e. The number of phenols is 1. The van der Waals surface area contributed by atoms with Gasteiger partial charge in [0.15, 0.2) is 0 Å². The van der Waals surface area contributed by atoms with Gasteiger partial charge in [-0.1, -0.05) is 22.0 Å². The van der Waals surface area contributed by atoms with Crippen LogP contribution < -0.4 is 11.1 Å². The van der Waals surface area contributed by atoms with Crippen molar-refractivity contribution in [3.8, 4) is 5.75 Å². The van der Waals surface area contributed by atoms with Crippen LogP contribution >= 0.6 is 15.9 Å². The van der Waals surface area contributed by atoms with Crippen molar-refractivity contribution >= 4 is 33.2 Å². The zero-order valence-electron chi connectivity index (χ0n) is 10.3. The molecule has 2 rings (SSSR count). The van der Waals surface area contributed by atoms with Gasteiger partial charge in [-0.3, -0.25) is 4.79 Å². The Hall–Kier alpha value is -2.01. The van der Waals surface area contributed by atoms with Crippen molar-refractivity contribution in [2.45, 2.75) is 6.92 Å². The van der Waals surface area contributed by atoms with E-state index in [0.29, 0.717) is 11.4 Å². The molecule has 0 unspecified atom stereocenters. The van der Waals surface area contributed by atoms with Crippen molar-refractivity contribution in [3.63, 3.8) is 0 Å². The highest BCUT2D eigenvalue weighted by atomic mass is 79.9. The highest BCUT2D eigenvalue weighted by molar-refractivity contribution is 9.10. The monoisotopic (exact) mass is 320 g/mol. The number of benzene rings is 2. The van der Waals surface area contributed by atoms with Crippen LogP contribution in [0.25, 0.3) is 0 Å². The SMILES string of the molecule is Cc1c(Br)cccc1NC(=O)c1cc(O)ccc1N. The van der Waals surface area contributed by atoms with Crippen LogP contribution in [0.2, 0.25) is 0 Å². The van der Waals surface area contributed by atoms with Gasteiger partial charge in [0.25, 0.3) is 5.91 Å². The zero-order valence-corrected chi connectivity index (χ0v) is 11.9. The molecule has 98 valence electrons. The quantitative estimate of drug-likeness (QED) is 0.587. The van der Waals surface area contributed by atoms with Gasteiger partial charge in [-0.2, -0.15) is 0 Å². The van der Waals surface area contributed by atoms with E-state index >= 15 is 0 Å². The Balaban J connectivity index is 2.31. The molecule has 5 heteroatoms. The molecule has 0 aromatic heterocycles. The minimum absolute atomic E-state index is 0.00492. The highest BCUT2D eigenvalue weighted by Gasteiger charge is 2.12. The van der Waals surface area contributed by atoms with E-state index in [9.17, 15) is 9.90 Å². The minimum atomic E-state index is -0.352. The van der Waals surface area contributed by atoms with Crippen LogP contribution in [0.3, 0.4) is 0 Å². The molecule has 1 amide bonds. The lowest BCUT2D eigenvalue weighted by atomic mass is 10.1. The molecule has 0 fully saturated rings. The standard InChI is InChI=1S/C14H13BrN2O2/c1-8-11(15)3-2-4-13(8)17-14(19)10-7-9(18)5-6-12(10)16/h2-7,18H,16H2,1H3,(H,17,19). The number of rotatable bonds is 2. The lowest BCUT2D eigenvalue weighted by Crippen LogP contribution is -2.14. The highest BCUT2D eigenvalue weighted by Crippen LogP contribution is 2.25. The molecular formula is C14H13BrN2O2. The number of halogens is 1. The summed E-state index contributed by atoms with van der Waals surface area (Å²) in [5.41, 5.74) is 7.92. The van der Waals surface area contributed by atoms with Crippen molar-refractivity contribution in [1.29, 1.82) is 0 Å². The fraction of sp³-hybridized carbons (Fsp3) is 0.0714. The maximum absolute atomic E-state index is 12.1. The van der Waals surface area contributed by atoms with Gasteiger partial charge in [-0.25, -0.2) is 0 Å². The molecule has 0 atom stereocenters. The summed E-state index contributed by atoms with van der Waals surface area (Å²) in [6, 6.07) is 9.82. The number of carbonyl (C=O) groups excluding carboxylic acids is 1. The third-order valence-electron chi connectivity index (χ3n) is 2.80. The molecule has 0 spiro atoms. The fourth-order valence-electron chi connectivity index (χ4n) is 1.67. The smallest absolute Gasteiger partial charge is 0.257 e. The molecule has 19 heavy (non-hydrogen) atoms. The first-order chi connectivity index (χ1) is 8.99. The average molecular weight is 321 g/mol. The number of phenolic OH excluding ortho intramolecular Hbond substituents is 1. The van der Waals surface area contributed by atoms with Gasteiger partial charge in [0.2, 0.25) is 0 Å². The number of aromatic hydroxyl groups is 1. The van der Waals surface area contributed by atoms with Crippen molar-refractivity contribution in [3.05, 3.63) is 52.0 Å². The van der Waals surface area contributed by atoms with Crippen LogP contribution in [-0.4, -0.2) is 11.0 Å². The number of hydrogen-bond acceptors (Lipinski definition) is 3. The van der Waals surface area contributed by atoms with Gasteiger partial charge in [-0.05, 0) is 42.8 Å². The van der Waals surface area contributed by atoms with E-state index in [1.54, 1.807) is 6.07 Å². The Morgan fingerprint density at radius 2 is 2.05 bits per heavy atom. The van der Waals surface area contributed by atoms with Crippen LogP contribution in [0, 0.1) is 6.92 Å². The molecule has 0 aliphatic heterocycles. The molecule has 0 radical (unpaired) electrons. The van der Waals surface area contributed by atoms with Gasteiger partial charge in [-0.15, -0.1) is 0 Å². The van der Waals surface area contributed by atoms with Crippen LogP contribution in [0.15, 0.2) is 40.9 Å². The normalized spacial score (nSPS) is 10.2. The maximum Gasteiger partial charge on any atom is 0.257 e. The number of nitrogen functional groups attached to an aromatic ring is 1. The first-order valence-corrected chi connectivity index (χ1v) is 6.43. The van der Waals surface area contributed by atoms with Gasteiger partial charge in [0.05, 0.1) is 5.56 Å². The zero-order chi connectivity index (χ0) is 14.0. The Kier molecular flexibility index (Phi) is 3.76. The van der Waals surface area contributed by atoms with E-state index < -0.39 is 0 Å². The number of carbonyl (C=O) groups is 1. The maximum atomic E-state index is 12.1. The van der Waals surface area contributed by atoms with E-state index in [0.717, 1.165) is 10.0 Å². The molecule has 0 bridgehead atoms. The summed E-state index contributed by atoms with van der Waals surface area (Å²) in [6.07, 6.45) is 0. The molecular weight excluding hydrogens is 308 g/mol. The summed E-state index contributed by atoms with van der Waals surface area (Å²) >= 11 is 3.40. The van der Waals surface area contributed by atoms with E-state index in [-0.39, 0.29) is 17.2 Å². The minimum Gasteiger partial charge on any atom is -0.508 e. The van der Waals surface area contributed by atoms with Crippen LogP contribution in [0.5, 0.6) is 5.75 Å². The second-order valence-electron chi connectivity index (χ2n) is 4.14. The predicted octanol–water partition coefficient (Wildman–Crippen LogP) is 3.30. The summed E-state index contributed by atoms with van der Waals surface area (Å²) in [5.74, 6) is -0.347. The second kappa shape index (κ2) is 5.32. The van der Waals surface area contributed by atoms with Gasteiger partial charge in [0.1, 0.15) is 5.75 Å². The topological polar surface area (TPSA) is 75.3 Å². The Labute approximate surface area is 119 Å². The second-order valence-corrected chi connectivity index (χ2v) is 4.99. The molecule has 0 aliphatic carbocycles. The molecule has 0 saturated carbocycles. The third kappa shape index (κ3) is 2.88.